The molecule has 2 N–H and O–H groups in total. The molecule has 1 nitrogen and oxygen atoms in total. The first-order valence-corrected chi connectivity index (χ1v) is 6.81. The number of nitrogen functional groups attached to an aromatic ring is 1. The van der Waals surface area contributed by atoms with Crippen molar-refractivity contribution < 1.29 is 0 Å². The molecular formula is C9H7BrINS. The predicted octanol–water partition coefficient (Wildman–Crippen LogP) is 3.98. The Hall–Kier alpha value is 0.190. The first-order valence-electron chi connectivity index (χ1n) is 3.73. The minimum Gasteiger partial charge on any atom is -0.398 e. The molecule has 0 fully saturated rings. The number of hydrogen-bond acceptors (Lipinski definition) is 2. The van der Waals surface area contributed by atoms with Crippen molar-refractivity contribution in [3.05, 3.63) is 26.6 Å². The van der Waals surface area contributed by atoms with Crippen LogP contribution in [0.2, 0.25) is 0 Å². The zero-order chi connectivity index (χ0) is 9.42. The van der Waals surface area contributed by atoms with Crippen molar-refractivity contribution in [2.45, 2.75) is 5.33 Å². The highest BCUT2D eigenvalue weighted by Crippen LogP contribution is 2.31. The molecule has 0 aliphatic rings. The number of nitrogens with two attached hydrogens (primary N) is 1. The van der Waals surface area contributed by atoms with Crippen LogP contribution < -0.4 is 5.73 Å². The van der Waals surface area contributed by atoms with Crippen molar-refractivity contribution in [2.75, 3.05) is 5.73 Å². The van der Waals surface area contributed by atoms with E-state index in [9.17, 15) is 0 Å². The monoisotopic (exact) mass is 367 g/mol. The normalized spacial score (nSPS) is 10.9. The van der Waals surface area contributed by atoms with Gasteiger partial charge < -0.3 is 5.73 Å². The minimum absolute atomic E-state index is 0.885. The molecule has 0 saturated heterocycles. The van der Waals surface area contributed by atoms with Gasteiger partial charge in [0.25, 0.3) is 0 Å². The van der Waals surface area contributed by atoms with Crippen molar-refractivity contribution >= 4 is 65.6 Å². The van der Waals surface area contributed by atoms with Crippen molar-refractivity contribution in [1.82, 2.24) is 0 Å². The van der Waals surface area contributed by atoms with Gasteiger partial charge in [-0.15, -0.1) is 11.3 Å². The number of hydrogen-bond donors (Lipinski definition) is 1. The lowest BCUT2D eigenvalue weighted by atomic mass is 10.2. The fourth-order valence-corrected chi connectivity index (χ4v) is 3.94. The SMILES string of the molecule is Nc1csc2cc(I)c(CBr)cc12. The van der Waals surface area contributed by atoms with Gasteiger partial charge >= 0.3 is 0 Å². The summed E-state index contributed by atoms with van der Waals surface area (Å²) in [7, 11) is 0. The lowest BCUT2D eigenvalue weighted by Gasteiger charge is -2.00. The molecule has 0 bridgehead atoms. The van der Waals surface area contributed by atoms with Crippen LogP contribution in [-0.2, 0) is 5.33 Å². The van der Waals surface area contributed by atoms with E-state index in [0.29, 0.717) is 0 Å². The summed E-state index contributed by atoms with van der Waals surface area (Å²) in [5, 5.41) is 4.06. The molecule has 0 amide bonds. The largest absolute Gasteiger partial charge is 0.398 e. The average Bonchev–Trinajstić information content (AvgIpc) is 2.46. The maximum atomic E-state index is 5.84. The maximum Gasteiger partial charge on any atom is 0.0502 e. The first-order chi connectivity index (χ1) is 6.22. The van der Waals surface area contributed by atoms with E-state index >= 15 is 0 Å². The summed E-state index contributed by atoms with van der Waals surface area (Å²) in [5.74, 6) is 0. The molecular weight excluding hydrogens is 361 g/mol. The van der Waals surface area contributed by atoms with Gasteiger partial charge in [-0.25, -0.2) is 0 Å². The zero-order valence-electron chi connectivity index (χ0n) is 6.68. The summed E-state index contributed by atoms with van der Waals surface area (Å²) < 4.78 is 2.57. The second kappa shape index (κ2) is 3.74. The Morgan fingerprint density at radius 3 is 2.92 bits per heavy atom. The molecule has 2 aromatic rings. The third kappa shape index (κ3) is 1.71. The Morgan fingerprint density at radius 2 is 2.23 bits per heavy atom. The van der Waals surface area contributed by atoms with E-state index < -0.39 is 0 Å². The number of anilines is 1. The molecule has 0 saturated carbocycles. The summed E-state index contributed by atoms with van der Waals surface area (Å²) in [6, 6.07) is 4.35. The van der Waals surface area contributed by atoms with Gasteiger partial charge in [-0.3, -0.25) is 0 Å². The molecule has 0 spiro atoms. The van der Waals surface area contributed by atoms with E-state index in [0.717, 1.165) is 11.0 Å². The minimum atomic E-state index is 0.885. The van der Waals surface area contributed by atoms with Crippen LogP contribution in [0.5, 0.6) is 0 Å². The number of alkyl halides is 1. The Bertz CT molecular complexity index is 452. The van der Waals surface area contributed by atoms with Crippen molar-refractivity contribution in [3.63, 3.8) is 0 Å². The van der Waals surface area contributed by atoms with Gasteiger partial charge in [-0.2, -0.15) is 0 Å². The van der Waals surface area contributed by atoms with E-state index in [1.54, 1.807) is 11.3 Å². The van der Waals surface area contributed by atoms with Crippen LogP contribution in [0, 0.1) is 3.57 Å². The second-order valence-electron chi connectivity index (χ2n) is 2.76. The molecule has 1 aromatic carbocycles. The number of thiophene rings is 1. The van der Waals surface area contributed by atoms with Gasteiger partial charge in [0, 0.05) is 24.4 Å². The molecule has 0 unspecified atom stereocenters. The fraction of sp³-hybridized carbons (Fsp3) is 0.111. The van der Waals surface area contributed by atoms with Gasteiger partial charge in [0.15, 0.2) is 0 Å². The lowest BCUT2D eigenvalue weighted by molar-refractivity contribution is 1.43. The molecule has 1 heterocycles. The quantitative estimate of drug-likeness (QED) is 0.598. The Labute approximate surface area is 103 Å². The van der Waals surface area contributed by atoms with E-state index in [1.165, 1.54) is 19.2 Å². The zero-order valence-corrected chi connectivity index (χ0v) is 11.2. The van der Waals surface area contributed by atoms with E-state index in [-0.39, 0.29) is 0 Å². The Kier molecular flexibility index (Phi) is 2.80. The van der Waals surface area contributed by atoms with E-state index in [2.05, 4.69) is 50.7 Å². The molecule has 68 valence electrons. The first kappa shape index (κ1) is 9.73. The highest BCUT2D eigenvalue weighted by molar-refractivity contribution is 14.1. The summed E-state index contributed by atoms with van der Waals surface area (Å²) in [6.45, 7) is 0. The van der Waals surface area contributed by atoms with E-state index in [1.807, 2.05) is 5.38 Å². The van der Waals surface area contributed by atoms with Gasteiger partial charge in [0.2, 0.25) is 0 Å². The van der Waals surface area contributed by atoms with Gasteiger partial charge in [-0.1, -0.05) is 15.9 Å². The van der Waals surface area contributed by atoms with Gasteiger partial charge in [0.05, 0.1) is 5.69 Å². The van der Waals surface area contributed by atoms with Crippen LogP contribution in [0.4, 0.5) is 5.69 Å². The summed E-state index contributed by atoms with van der Waals surface area (Å²) in [5.41, 5.74) is 8.03. The summed E-state index contributed by atoms with van der Waals surface area (Å²) in [6.07, 6.45) is 0. The smallest absolute Gasteiger partial charge is 0.0502 e. The van der Waals surface area contributed by atoms with Crippen LogP contribution in [-0.4, -0.2) is 0 Å². The topological polar surface area (TPSA) is 26.0 Å². The van der Waals surface area contributed by atoms with E-state index in [4.69, 9.17) is 5.73 Å². The van der Waals surface area contributed by atoms with Crippen molar-refractivity contribution in [3.8, 4) is 0 Å². The number of fused-ring (bicyclic) bond motifs is 1. The van der Waals surface area contributed by atoms with Crippen molar-refractivity contribution in [1.29, 1.82) is 0 Å². The maximum absolute atomic E-state index is 5.84. The number of rotatable bonds is 1. The standard InChI is InChI=1S/C9H7BrINS/c10-3-5-1-6-8(12)4-13-9(6)2-7(5)11/h1-2,4H,3,12H2. The van der Waals surface area contributed by atoms with Crippen LogP contribution in [0.15, 0.2) is 17.5 Å². The Balaban J connectivity index is 2.77. The van der Waals surface area contributed by atoms with Crippen LogP contribution in [0.3, 0.4) is 0 Å². The third-order valence-corrected chi connectivity index (χ3v) is 4.49. The van der Waals surface area contributed by atoms with Crippen LogP contribution in [0.1, 0.15) is 5.56 Å². The second-order valence-corrected chi connectivity index (χ2v) is 5.40. The molecule has 2 rings (SSSR count). The average molecular weight is 368 g/mol. The Morgan fingerprint density at radius 1 is 1.46 bits per heavy atom. The molecule has 13 heavy (non-hydrogen) atoms. The number of benzene rings is 1. The molecule has 1 aromatic heterocycles. The molecule has 0 aliphatic heterocycles. The van der Waals surface area contributed by atoms with Crippen LogP contribution in [0.25, 0.3) is 10.1 Å². The summed E-state index contributed by atoms with van der Waals surface area (Å²) >= 11 is 7.52. The number of halogens is 2. The highest BCUT2D eigenvalue weighted by atomic mass is 127. The molecule has 0 atom stereocenters. The third-order valence-electron chi connectivity index (χ3n) is 1.92. The van der Waals surface area contributed by atoms with Crippen molar-refractivity contribution in [2.24, 2.45) is 0 Å². The highest BCUT2D eigenvalue weighted by Gasteiger charge is 2.05. The predicted molar refractivity (Wildman–Crippen MR) is 71.6 cm³/mol. The molecule has 0 radical (unpaired) electrons. The van der Waals surface area contributed by atoms with Gasteiger partial charge in [-0.05, 0) is 40.3 Å². The van der Waals surface area contributed by atoms with Gasteiger partial charge in [0.1, 0.15) is 0 Å². The molecule has 4 heteroatoms. The molecule has 0 aliphatic carbocycles. The lowest BCUT2D eigenvalue weighted by Crippen LogP contribution is -1.85. The summed E-state index contributed by atoms with van der Waals surface area (Å²) in [4.78, 5) is 0. The fourth-order valence-electron chi connectivity index (χ4n) is 1.22. The van der Waals surface area contributed by atoms with Crippen LogP contribution >= 0.6 is 49.9 Å².